The molecule has 1 unspecified atom stereocenters. The van der Waals surface area contributed by atoms with Gasteiger partial charge in [-0.2, -0.15) is 0 Å². The van der Waals surface area contributed by atoms with Crippen LogP contribution in [0.3, 0.4) is 0 Å². The highest BCUT2D eigenvalue weighted by atomic mass is 35.5. The molecule has 0 spiro atoms. The summed E-state index contributed by atoms with van der Waals surface area (Å²) in [5.41, 5.74) is 0.327. The molecule has 0 radical (unpaired) electrons. The molecule has 144 valence electrons. The summed E-state index contributed by atoms with van der Waals surface area (Å²) in [5.74, 6) is -0.876. The third-order valence-electron chi connectivity index (χ3n) is 3.30. The molecule has 0 fully saturated rings. The molecule has 0 saturated heterocycles. The first-order valence-corrected chi connectivity index (χ1v) is 9.59. The molecule has 2 aromatic rings. The second-order valence-electron chi connectivity index (χ2n) is 5.43. The summed E-state index contributed by atoms with van der Waals surface area (Å²) in [4.78, 5) is 23.7. The van der Waals surface area contributed by atoms with Crippen LogP contribution in [0.1, 0.15) is 6.92 Å². The molecule has 3 N–H and O–H groups in total. The fourth-order valence-electron chi connectivity index (χ4n) is 1.93. The van der Waals surface area contributed by atoms with Gasteiger partial charge in [0.15, 0.2) is 12.7 Å². The van der Waals surface area contributed by atoms with E-state index in [4.69, 9.17) is 26.2 Å². The zero-order valence-electron chi connectivity index (χ0n) is 14.2. The van der Waals surface area contributed by atoms with Gasteiger partial charge in [-0.05, 0) is 55.5 Å². The summed E-state index contributed by atoms with van der Waals surface area (Å²) in [5, 5.41) is 8.03. The largest absolute Gasteiger partial charge is 0.482 e. The number of rotatable bonds is 7. The number of sulfonamides is 1. The van der Waals surface area contributed by atoms with E-state index in [9.17, 15) is 18.0 Å². The van der Waals surface area contributed by atoms with Gasteiger partial charge >= 0.3 is 5.97 Å². The highest BCUT2D eigenvalue weighted by molar-refractivity contribution is 7.89. The number of nitrogens with two attached hydrogens (primary N) is 1. The minimum Gasteiger partial charge on any atom is -0.482 e. The zero-order chi connectivity index (χ0) is 20.0. The Balaban J connectivity index is 1.83. The van der Waals surface area contributed by atoms with E-state index in [1.807, 2.05) is 0 Å². The molecule has 1 amide bonds. The number of carbonyl (C=O) groups is 2. The topological polar surface area (TPSA) is 125 Å². The van der Waals surface area contributed by atoms with Crippen molar-refractivity contribution in [3.8, 4) is 5.75 Å². The molecular formula is C17H17ClN2O6S. The maximum atomic E-state index is 12.1. The molecule has 10 heteroatoms. The predicted octanol–water partition coefficient (Wildman–Crippen LogP) is 1.94. The first kappa shape index (κ1) is 20.7. The molecule has 0 heterocycles. The van der Waals surface area contributed by atoms with Crippen LogP contribution in [-0.2, 0) is 24.3 Å². The number of carbonyl (C=O) groups excluding carboxylic acids is 2. The van der Waals surface area contributed by atoms with Crippen LogP contribution in [0.25, 0.3) is 0 Å². The monoisotopic (exact) mass is 412 g/mol. The van der Waals surface area contributed by atoms with Crippen LogP contribution in [0.4, 0.5) is 5.69 Å². The molecule has 0 bridgehead atoms. The van der Waals surface area contributed by atoms with E-state index in [0.29, 0.717) is 16.5 Å². The molecule has 8 nitrogen and oxygen atoms in total. The Kier molecular flexibility index (Phi) is 6.78. The van der Waals surface area contributed by atoms with E-state index in [-0.39, 0.29) is 11.5 Å². The van der Waals surface area contributed by atoms with Gasteiger partial charge in [-0.15, -0.1) is 0 Å². The van der Waals surface area contributed by atoms with Gasteiger partial charge in [-0.1, -0.05) is 11.6 Å². The van der Waals surface area contributed by atoms with Gasteiger partial charge in [-0.3, -0.25) is 4.79 Å². The number of anilines is 1. The van der Waals surface area contributed by atoms with Crippen molar-refractivity contribution in [2.24, 2.45) is 5.14 Å². The molecular weight excluding hydrogens is 396 g/mol. The highest BCUT2D eigenvalue weighted by Crippen LogP contribution is 2.16. The van der Waals surface area contributed by atoms with E-state index in [2.05, 4.69) is 5.32 Å². The van der Waals surface area contributed by atoms with Crippen LogP contribution in [0.5, 0.6) is 5.75 Å². The fraction of sp³-hybridized carbons (Fsp3) is 0.176. The summed E-state index contributed by atoms with van der Waals surface area (Å²) < 4.78 is 32.6. The minimum atomic E-state index is -3.82. The number of halogens is 1. The van der Waals surface area contributed by atoms with Gasteiger partial charge in [-0.25, -0.2) is 18.4 Å². The minimum absolute atomic E-state index is 0.0840. The van der Waals surface area contributed by atoms with Gasteiger partial charge < -0.3 is 14.8 Å². The van der Waals surface area contributed by atoms with Crippen molar-refractivity contribution in [2.45, 2.75) is 17.9 Å². The molecule has 2 rings (SSSR count). The molecule has 2 aromatic carbocycles. The zero-order valence-corrected chi connectivity index (χ0v) is 15.8. The van der Waals surface area contributed by atoms with Crippen LogP contribution in [0.15, 0.2) is 53.4 Å². The van der Waals surface area contributed by atoms with Crippen LogP contribution in [0, 0.1) is 0 Å². The first-order valence-electron chi connectivity index (χ1n) is 7.67. The van der Waals surface area contributed by atoms with Crippen molar-refractivity contribution in [2.75, 3.05) is 11.9 Å². The number of hydrogen-bond donors (Lipinski definition) is 2. The Morgan fingerprint density at radius 3 is 2.26 bits per heavy atom. The van der Waals surface area contributed by atoms with Crippen molar-refractivity contribution in [3.63, 3.8) is 0 Å². The van der Waals surface area contributed by atoms with E-state index in [1.165, 1.54) is 31.2 Å². The fourth-order valence-corrected chi connectivity index (χ4v) is 2.57. The molecule has 27 heavy (non-hydrogen) atoms. The van der Waals surface area contributed by atoms with Crippen LogP contribution in [0.2, 0.25) is 5.02 Å². The van der Waals surface area contributed by atoms with Crippen LogP contribution >= 0.6 is 11.6 Å². The van der Waals surface area contributed by atoms with Crippen molar-refractivity contribution in [3.05, 3.63) is 53.6 Å². The Morgan fingerprint density at radius 1 is 1.11 bits per heavy atom. The van der Waals surface area contributed by atoms with Gasteiger partial charge in [0.1, 0.15) is 5.75 Å². The van der Waals surface area contributed by atoms with Gasteiger partial charge in [0.25, 0.3) is 5.91 Å². The second-order valence-corrected chi connectivity index (χ2v) is 7.43. The molecule has 0 aliphatic carbocycles. The van der Waals surface area contributed by atoms with Gasteiger partial charge in [0.2, 0.25) is 10.0 Å². The lowest BCUT2D eigenvalue weighted by Gasteiger charge is -2.14. The lowest BCUT2D eigenvalue weighted by molar-refractivity contribution is -0.155. The quantitative estimate of drug-likeness (QED) is 0.669. The maximum absolute atomic E-state index is 12.1. The number of benzene rings is 2. The molecule has 1 atom stereocenters. The predicted molar refractivity (Wildman–Crippen MR) is 98.9 cm³/mol. The Hall–Kier alpha value is -2.62. The number of amides is 1. The summed E-state index contributed by atoms with van der Waals surface area (Å²) in [6, 6.07) is 11.7. The molecule has 0 saturated carbocycles. The lowest BCUT2D eigenvalue weighted by atomic mass is 10.3. The molecule has 0 aliphatic heterocycles. The van der Waals surface area contributed by atoms with Crippen LogP contribution in [-0.4, -0.2) is 33.0 Å². The SMILES string of the molecule is CC(OC(=O)COc1ccc(Cl)cc1)C(=O)Nc1ccc(S(N)(=O)=O)cc1. The first-order chi connectivity index (χ1) is 12.6. The number of esters is 1. The third kappa shape index (κ3) is 6.55. The van der Waals surface area contributed by atoms with Crippen molar-refractivity contribution in [1.29, 1.82) is 0 Å². The average molecular weight is 413 g/mol. The highest BCUT2D eigenvalue weighted by Gasteiger charge is 2.18. The summed E-state index contributed by atoms with van der Waals surface area (Å²) >= 11 is 5.75. The van der Waals surface area contributed by atoms with E-state index in [0.717, 1.165) is 0 Å². The van der Waals surface area contributed by atoms with E-state index >= 15 is 0 Å². The van der Waals surface area contributed by atoms with Gasteiger partial charge in [0.05, 0.1) is 4.90 Å². The molecule has 0 aliphatic rings. The number of primary sulfonamides is 1. The number of nitrogens with one attached hydrogen (secondary N) is 1. The second kappa shape index (κ2) is 8.85. The van der Waals surface area contributed by atoms with Crippen LogP contribution < -0.4 is 15.2 Å². The average Bonchev–Trinajstić information content (AvgIpc) is 2.61. The van der Waals surface area contributed by atoms with E-state index in [1.54, 1.807) is 24.3 Å². The Bertz CT molecular complexity index is 913. The molecule has 0 aromatic heterocycles. The maximum Gasteiger partial charge on any atom is 0.344 e. The van der Waals surface area contributed by atoms with E-state index < -0.39 is 28.0 Å². The van der Waals surface area contributed by atoms with Crippen molar-refractivity contribution >= 4 is 39.2 Å². The third-order valence-corrected chi connectivity index (χ3v) is 4.48. The van der Waals surface area contributed by atoms with Crippen molar-refractivity contribution in [1.82, 2.24) is 0 Å². The van der Waals surface area contributed by atoms with Gasteiger partial charge in [0, 0.05) is 10.7 Å². The number of ether oxygens (including phenoxy) is 2. The Morgan fingerprint density at radius 2 is 1.70 bits per heavy atom. The summed E-state index contributed by atoms with van der Waals surface area (Å²) in [7, 11) is -3.82. The smallest absolute Gasteiger partial charge is 0.344 e. The van der Waals surface area contributed by atoms with Crippen molar-refractivity contribution < 1.29 is 27.5 Å². The Labute approximate surface area is 161 Å². The number of hydrogen-bond acceptors (Lipinski definition) is 6. The normalized spacial score (nSPS) is 12.1. The lowest BCUT2D eigenvalue weighted by Crippen LogP contribution is -2.31. The standard InChI is InChI=1S/C17H17ClN2O6S/c1-11(26-16(21)10-25-14-6-2-12(18)3-7-14)17(22)20-13-4-8-15(9-5-13)27(19,23)24/h2-9,11H,10H2,1H3,(H,20,22)(H2,19,23,24). The summed E-state index contributed by atoms with van der Waals surface area (Å²) in [6.45, 7) is 1.02. The summed E-state index contributed by atoms with van der Waals surface area (Å²) in [6.07, 6.45) is -1.08.